The highest BCUT2D eigenvalue weighted by Crippen LogP contribution is 2.44. The normalized spacial score (nSPS) is 15.0. The van der Waals surface area contributed by atoms with E-state index in [4.69, 9.17) is 15.1 Å². The van der Waals surface area contributed by atoms with Crippen LogP contribution < -0.4 is 11.1 Å². The van der Waals surface area contributed by atoms with Crippen LogP contribution in [0.4, 0.5) is 24.9 Å². The first-order valence-electron chi connectivity index (χ1n) is 9.90. The van der Waals surface area contributed by atoms with Crippen LogP contribution in [0.2, 0.25) is 0 Å². The SMILES string of the molecule is CC(C)(C)c1cc(C2CC2)cc2c(N)cc(-c3nnc(NCCC(F)(F)F)o3)nc12. The summed E-state index contributed by atoms with van der Waals surface area (Å²) in [5, 5.41) is 11.1. The van der Waals surface area contributed by atoms with Gasteiger partial charge in [0.15, 0.2) is 0 Å². The summed E-state index contributed by atoms with van der Waals surface area (Å²) in [4.78, 5) is 4.74. The highest BCUT2D eigenvalue weighted by molar-refractivity contribution is 5.95. The Morgan fingerprint density at radius 3 is 2.50 bits per heavy atom. The number of rotatable bonds is 5. The number of pyridine rings is 1. The van der Waals surface area contributed by atoms with Gasteiger partial charge in [-0.2, -0.15) is 13.2 Å². The molecule has 0 spiro atoms. The molecule has 2 aromatic heterocycles. The molecule has 1 fully saturated rings. The van der Waals surface area contributed by atoms with Crippen molar-refractivity contribution >= 4 is 22.6 Å². The molecule has 1 aliphatic carbocycles. The molecule has 6 nitrogen and oxygen atoms in total. The molecule has 1 aliphatic rings. The topological polar surface area (TPSA) is 89.9 Å². The second-order valence-electron chi connectivity index (χ2n) is 8.79. The number of nitrogens with one attached hydrogen (secondary N) is 1. The molecule has 0 unspecified atom stereocenters. The van der Waals surface area contributed by atoms with Crippen LogP contribution in [-0.4, -0.2) is 27.9 Å². The molecule has 3 aromatic rings. The maximum atomic E-state index is 12.3. The standard InChI is InChI=1S/C21H24F3N5O/c1-20(2,3)14-9-12(11-4-5-11)8-13-15(25)10-16(27-17(13)14)18-28-29-19(30-18)26-7-6-21(22,23)24/h8-11H,4-7H2,1-3H3,(H2,25,27)(H,26,29). The van der Waals surface area contributed by atoms with Gasteiger partial charge in [-0.3, -0.25) is 0 Å². The van der Waals surface area contributed by atoms with Crippen LogP contribution in [0.5, 0.6) is 0 Å². The lowest BCUT2D eigenvalue weighted by molar-refractivity contribution is -0.131. The average molecular weight is 419 g/mol. The summed E-state index contributed by atoms with van der Waals surface area (Å²) >= 11 is 0. The number of benzene rings is 1. The third-order valence-corrected chi connectivity index (χ3v) is 5.15. The minimum Gasteiger partial charge on any atom is -0.402 e. The summed E-state index contributed by atoms with van der Waals surface area (Å²) in [6, 6.07) is 5.88. The first-order valence-corrected chi connectivity index (χ1v) is 9.90. The van der Waals surface area contributed by atoms with Gasteiger partial charge in [0.05, 0.1) is 11.9 Å². The summed E-state index contributed by atoms with van der Waals surface area (Å²) in [7, 11) is 0. The van der Waals surface area contributed by atoms with Gasteiger partial charge in [-0.15, -0.1) is 5.10 Å². The van der Waals surface area contributed by atoms with E-state index in [1.54, 1.807) is 6.07 Å². The Hall–Kier alpha value is -2.84. The van der Waals surface area contributed by atoms with Crippen LogP contribution in [0.15, 0.2) is 22.6 Å². The zero-order valence-corrected chi connectivity index (χ0v) is 17.1. The van der Waals surface area contributed by atoms with Gasteiger partial charge in [0.1, 0.15) is 5.69 Å². The Bertz CT molecular complexity index is 1080. The van der Waals surface area contributed by atoms with Crippen LogP contribution in [0.1, 0.15) is 57.1 Å². The van der Waals surface area contributed by atoms with Crippen molar-refractivity contribution in [3.8, 4) is 11.6 Å². The zero-order chi connectivity index (χ0) is 21.7. The maximum absolute atomic E-state index is 12.3. The fraction of sp³-hybridized carbons (Fsp3) is 0.476. The quantitative estimate of drug-likeness (QED) is 0.575. The van der Waals surface area contributed by atoms with E-state index in [9.17, 15) is 13.2 Å². The molecule has 30 heavy (non-hydrogen) atoms. The van der Waals surface area contributed by atoms with Gasteiger partial charge in [0.2, 0.25) is 0 Å². The molecule has 0 radical (unpaired) electrons. The Morgan fingerprint density at radius 2 is 1.87 bits per heavy atom. The number of nitrogen functional groups attached to an aromatic ring is 1. The predicted octanol–water partition coefficient (Wildman–Crippen LogP) is 5.41. The molecule has 160 valence electrons. The maximum Gasteiger partial charge on any atom is 0.390 e. The molecule has 4 rings (SSSR count). The van der Waals surface area contributed by atoms with Crippen LogP contribution in [0.25, 0.3) is 22.5 Å². The number of alkyl halides is 3. The molecule has 0 bridgehead atoms. The van der Waals surface area contributed by atoms with Crippen molar-refractivity contribution < 1.29 is 17.6 Å². The van der Waals surface area contributed by atoms with Crippen LogP contribution in [-0.2, 0) is 5.41 Å². The van der Waals surface area contributed by atoms with Crippen molar-refractivity contribution in [3.05, 3.63) is 29.3 Å². The van der Waals surface area contributed by atoms with Gasteiger partial charge in [-0.1, -0.05) is 31.9 Å². The lowest BCUT2D eigenvalue weighted by atomic mass is 9.83. The lowest BCUT2D eigenvalue weighted by Gasteiger charge is -2.23. The third kappa shape index (κ3) is 4.34. The lowest BCUT2D eigenvalue weighted by Crippen LogP contribution is -2.14. The molecule has 0 atom stereocenters. The Kier molecular flexibility index (Phi) is 4.86. The molecule has 1 aromatic carbocycles. The van der Waals surface area contributed by atoms with Gasteiger partial charge in [0, 0.05) is 17.6 Å². The largest absolute Gasteiger partial charge is 0.402 e. The van der Waals surface area contributed by atoms with Crippen molar-refractivity contribution in [1.82, 2.24) is 15.2 Å². The molecule has 0 saturated heterocycles. The Balaban J connectivity index is 1.70. The molecule has 9 heteroatoms. The van der Waals surface area contributed by atoms with E-state index in [1.807, 2.05) is 0 Å². The summed E-state index contributed by atoms with van der Waals surface area (Å²) in [6.07, 6.45) is -2.88. The number of hydrogen-bond acceptors (Lipinski definition) is 6. The fourth-order valence-electron chi connectivity index (χ4n) is 3.42. The van der Waals surface area contributed by atoms with E-state index in [0.717, 1.165) is 16.5 Å². The number of halogens is 3. The van der Waals surface area contributed by atoms with E-state index >= 15 is 0 Å². The van der Waals surface area contributed by atoms with Crippen molar-refractivity contribution in [2.24, 2.45) is 0 Å². The minimum atomic E-state index is -4.26. The molecular weight excluding hydrogens is 395 g/mol. The summed E-state index contributed by atoms with van der Waals surface area (Å²) < 4.78 is 42.4. The highest BCUT2D eigenvalue weighted by atomic mass is 19.4. The Morgan fingerprint density at radius 1 is 1.13 bits per heavy atom. The molecular formula is C21H24F3N5O. The van der Waals surface area contributed by atoms with Gasteiger partial charge < -0.3 is 15.5 Å². The smallest absolute Gasteiger partial charge is 0.390 e. The van der Waals surface area contributed by atoms with Crippen molar-refractivity contribution in [1.29, 1.82) is 0 Å². The van der Waals surface area contributed by atoms with E-state index in [1.165, 1.54) is 18.4 Å². The number of nitrogens with zero attached hydrogens (tertiary/aromatic N) is 3. The third-order valence-electron chi connectivity index (χ3n) is 5.15. The van der Waals surface area contributed by atoms with Gasteiger partial charge >= 0.3 is 12.2 Å². The second kappa shape index (κ2) is 7.14. The van der Waals surface area contributed by atoms with E-state index < -0.39 is 12.6 Å². The Labute approximate surface area is 172 Å². The van der Waals surface area contributed by atoms with Crippen molar-refractivity contribution in [2.45, 2.75) is 57.5 Å². The number of hydrogen-bond donors (Lipinski definition) is 2. The van der Waals surface area contributed by atoms with Crippen LogP contribution in [0, 0.1) is 0 Å². The highest BCUT2D eigenvalue weighted by Gasteiger charge is 2.29. The van der Waals surface area contributed by atoms with Crippen LogP contribution in [0.3, 0.4) is 0 Å². The number of nitrogens with two attached hydrogens (primary N) is 1. The molecule has 3 N–H and O–H groups in total. The number of fused-ring (bicyclic) bond motifs is 1. The zero-order valence-electron chi connectivity index (χ0n) is 17.1. The molecule has 1 saturated carbocycles. The van der Waals surface area contributed by atoms with Crippen molar-refractivity contribution in [3.63, 3.8) is 0 Å². The van der Waals surface area contributed by atoms with E-state index in [0.29, 0.717) is 17.3 Å². The van der Waals surface area contributed by atoms with Crippen molar-refractivity contribution in [2.75, 3.05) is 17.6 Å². The van der Waals surface area contributed by atoms with E-state index in [2.05, 4.69) is 48.4 Å². The fourth-order valence-corrected chi connectivity index (χ4v) is 3.42. The van der Waals surface area contributed by atoms with Gasteiger partial charge in [0.25, 0.3) is 5.89 Å². The number of anilines is 2. The predicted molar refractivity (Wildman–Crippen MR) is 109 cm³/mol. The summed E-state index contributed by atoms with van der Waals surface area (Å²) in [5.41, 5.74) is 10.3. The van der Waals surface area contributed by atoms with Crippen LogP contribution >= 0.6 is 0 Å². The van der Waals surface area contributed by atoms with Gasteiger partial charge in [-0.05, 0) is 47.4 Å². The molecule has 0 amide bonds. The first-order chi connectivity index (χ1) is 14.0. The monoisotopic (exact) mass is 419 g/mol. The average Bonchev–Trinajstić information content (AvgIpc) is 3.38. The molecule has 0 aliphatic heterocycles. The minimum absolute atomic E-state index is 0.0881. The molecule has 2 heterocycles. The second-order valence-corrected chi connectivity index (χ2v) is 8.79. The van der Waals surface area contributed by atoms with E-state index in [-0.39, 0.29) is 23.9 Å². The van der Waals surface area contributed by atoms with Gasteiger partial charge in [-0.25, -0.2) is 4.98 Å². The first kappa shape index (κ1) is 20.4. The summed E-state index contributed by atoms with van der Waals surface area (Å²) in [6.45, 7) is 6.02. The number of aromatic nitrogens is 3. The summed E-state index contributed by atoms with van der Waals surface area (Å²) in [5.74, 6) is 0.681.